The van der Waals surface area contributed by atoms with Gasteiger partial charge in [0, 0.05) is 24.6 Å². The topological polar surface area (TPSA) is 60.9 Å². The summed E-state index contributed by atoms with van der Waals surface area (Å²) in [6.45, 7) is 3.73. The normalized spacial score (nSPS) is 20.4. The van der Waals surface area contributed by atoms with Crippen LogP contribution >= 0.6 is 11.3 Å². The molecule has 1 unspecified atom stereocenters. The van der Waals surface area contributed by atoms with E-state index in [1.165, 1.54) is 16.2 Å². The van der Waals surface area contributed by atoms with E-state index in [2.05, 4.69) is 0 Å². The van der Waals surface area contributed by atoms with E-state index >= 15 is 0 Å². The fourth-order valence-electron chi connectivity index (χ4n) is 3.94. The number of likely N-dealkylation sites (tertiary alicyclic amines) is 1. The lowest BCUT2D eigenvalue weighted by atomic mass is 9.98. The molecule has 1 atom stereocenters. The predicted molar refractivity (Wildman–Crippen MR) is 109 cm³/mol. The first-order valence-electron chi connectivity index (χ1n) is 9.64. The van der Waals surface area contributed by atoms with Crippen molar-refractivity contribution < 1.29 is 14.7 Å². The molecule has 1 fully saturated rings. The molecular weight excluding hydrogens is 372 g/mol. The van der Waals surface area contributed by atoms with E-state index in [9.17, 15) is 14.7 Å². The number of carbonyl (C=O) groups is 2. The van der Waals surface area contributed by atoms with Gasteiger partial charge < -0.3 is 10.0 Å². The van der Waals surface area contributed by atoms with Crippen molar-refractivity contribution in [3.05, 3.63) is 63.5 Å². The number of hydrogen-bond acceptors (Lipinski definition) is 5. The zero-order valence-electron chi connectivity index (χ0n) is 15.9. The number of benzene rings is 1. The Morgan fingerprint density at radius 1 is 1.14 bits per heavy atom. The molecule has 6 heteroatoms. The van der Waals surface area contributed by atoms with Crippen LogP contribution in [0.25, 0.3) is 5.57 Å². The van der Waals surface area contributed by atoms with Crippen molar-refractivity contribution in [2.24, 2.45) is 5.92 Å². The summed E-state index contributed by atoms with van der Waals surface area (Å²) in [5, 5.41) is 11.5. The standard InChI is InChI=1S/C22H24N2O3S/c1-15-6-8-16(9-7-15)13-24-21(26)19(18-5-3-11-28-18)20(22(24)27)23-10-2-4-17(12-23)14-25/h3,5-9,11,17,25H,2,4,10,12-14H2,1H3. The second kappa shape index (κ2) is 7.89. The van der Waals surface area contributed by atoms with Crippen molar-refractivity contribution in [1.29, 1.82) is 0 Å². The molecule has 0 bridgehead atoms. The first kappa shape index (κ1) is 18.9. The minimum absolute atomic E-state index is 0.104. The highest BCUT2D eigenvalue weighted by Gasteiger charge is 2.42. The minimum Gasteiger partial charge on any atom is -0.396 e. The van der Waals surface area contributed by atoms with Crippen LogP contribution in [0.3, 0.4) is 0 Å². The second-order valence-electron chi connectivity index (χ2n) is 7.52. The van der Waals surface area contributed by atoms with Gasteiger partial charge in [0.05, 0.1) is 12.1 Å². The van der Waals surface area contributed by atoms with Gasteiger partial charge in [-0.1, -0.05) is 35.9 Å². The molecule has 28 heavy (non-hydrogen) atoms. The highest BCUT2D eigenvalue weighted by molar-refractivity contribution is 7.11. The zero-order chi connectivity index (χ0) is 19.7. The Balaban J connectivity index is 1.68. The quantitative estimate of drug-likeness (QED) is 0.789. The Kier molecular flexibility index (Phi) is 5.33. The zero-order valence-corrected chi connectivity index (χ0v) is 16.7. The van der Waals surface area contributed by atoms with Gasteiger partial charge in [0.15, 0.2) is 0 Å². The molecule has 1 N–H and O–H groups in total. The number of hydrogen-bond donors (Lipinski definition) is 1. The van der Waals surface area contributed by atoms with Gasteiger partial charge in [-0.25, -0.2) is 0 Å². The molecule has 2 amide bonds. The van der Waals surface area contributed by atoms with Gasteiger partial charge in [-0.3, -0.25) is 14.5 Å². The SMILES string of the molecule is Cc1ccc(CN2C(=O)C(c3cccs3)=C(N3CCCC(CO)C3)C2=O)cc1. The van der Waals surface area contributed by atoms with Crippen molar-refractivity contribution in [1.82, 2.24) is 9.80 Å². The van der Waals surface area contributed by atoms with E-state index in [4.69, 9.17) is 0 Å². The van der Waals surface area contributed by atoms with E-state index in [0.29, 0.717) is 17.8 Å². The van der Waals surface area contributed by atoms with Crippen molar-refractivity contribution in [3.8, 4) is 0 Å². The lowest BCUT2D eigenvalue weighted by molar-refractivity contribution is -0.138. The van der Waals surface area contributed by atoms with Gasteiger partial charge in [-0.2, -0.15) is 0 Å². The van der Waals surface area contributed by atoms with Crippen molar-refractivity contribution in [3.63, 3.8) is 0 Å². The molecule has 0 radical (unpaired) electrons. The molecule has 2 aliphatic rings. The fourth-order valence-corrected chi connectivity index (χ4v) is 4.70. The maximum absolute atomic E-state index is 13.3. The summed E-state index contributed by atoms with van der Waals surface area (Å²) in [7, 11) is 0. The maximum Gasteiger partial charge on any atom is 0.278 e. The Bertz CT molecular complexity index is 902. The fraction of sp³-hybridized carbons (Fsp3) is 0.364. The molecule has 146 valence electrons. The molecule has 2 aromatic rings. The summed E-state index contributed by atoms with van der Waals surface area (Å²) in [4.78, 5) is 30.8. The van der Waals surface area contributed by atoms with Gasteiger partial charge in [0.1, 0.15) is 5.70 Å². The summed E-state index contributed by atoms with van der Waals surface area (Å²) >= 11 is 1.48. The first-order chi connectivity index (χ1) is 13.6. The predicted octanol–water partition coefficient (Wildman–Crippen LogP) is 3.04. The van der Waals surface area contributed by atoms with E-state index in [1.807, 2.05) is 53.6 Å². The number of imide groups is 1. The monoisotopic (exact) mass is 396 g/mol. The molecular formula is C22H24N2O3S. The summed E-state index contributed by atoms with van der Waals surface area (Å²) < 4.78 is 0. The molecule has 0 spiro atoms. The molecule has 1 saturated heterocycles. The smallest absolute Gasteiger partial charge is 0.278 e. The Morgan fingerprint density at radius 3 is 2.61 bits per heavy atom. The Hall–Kier alpha value is -2.44. The molecule has 2 aliphatic heterocycles. The summed E-state index contributed by atoms with van der Waals surface area (Å²) in [5.74, 6) is -0.318. The second-order valence-corrected chi connectivity index (χ2v) is 8.47. The van der Waals surface area contributed by atoms with Gasteiger partial charge in [-0.05, 0) is 42.7 Å². The summed E-state index contributed by atoms with van der Waals surface area (Å²) in [5.41, 5.74) is 3.08. The molecule has 4 rings (SSSR count). The minimum atomic E-state index is -0.229. The summed E-state index contributed by atoms with van der Waals surface area (Å²) in [6, 6.07) is 11.7. The van der Waals surface area contributed by atoms with Crippen LogP contribution < -0.4 is 0 Å². The van der Waals surface area contributed by atoms with E-state index in [0.717, 1.165) is 35.4 Å². The van der Waals surface area contributed by atoms with Crippen molar-refractivity contribution in [2.45, 2.75) is 26.3 Å². The number of aryl methyl sites for hydroxylation is 1. The van der Waals surface area contributed by atoms with Crippen LogP contribution in [0.2, 0.25) is 0 Å². The molecule has 0 aliphatic carbocycles. The van der Waals surface area contributed by atoms with Gasteiger partial charge in [-0.15, -0.1) is 11.3 Å². The number of nitrogens with zero attached hydrogens (tertiary/aromatic N) is 2. The molecule has 3 heterocycles. The van der Waals surface area contributed by atoms with Crippen LogP contribution in [0.15, 0.2) is 47.5 Å². The average Bonchev–Trinajstić information content (AvgIpc) is 3.32. The van der Waals surface area contributed by atoms with Crippen LogP contribution in [0.1, 0.15) is 28.8 Å². The number of piperidine rings is 1. The molecule has 0 saturated carbocycles. The molecule has 1 aromatic carbocycles. The third-order valence-electron chi connectivity index (χ3n) is 5.47. The number of thiophene rings is 1. The lowest BCUT2D eigenvalue weighted by Crippen LogP contribution is -2.40. The van der Waals surface area contributed by atoms with Crippen LogP contribution in [0, 0.1) is 12.8 Å². The lowest BCUT2D eigenvalue weighted by Gasteiger charge is -2.34. The third-order valence-corrected chi connectivity index (χ3v) is 6.35. The third kappa shape index (κ3) is 3.50. The average molecular weight is 397 g/mol. The first-order valence-corrected chi connectivity index (χ1v) is 10.5. The number of aliphatic hydroxyl groups excluding tert-OH is 1. The Morgan fingerprint density at radius 2 is 1.93 bits per heavy atom. The van der Waals surface area contributed by atoms with E-state index in [1.54, 1.807) is 0 Å². The van der Waals surface area contributed by atoms with E-state index < -0.39 is 0 Å². The van der Waals surface area contributed by atoms with Gasteiger partial charge in [0.25, 0.3) is 11.8 Å². The number of amides is 2. The highest BCUT2D eigenvalue weighted by atomic mass is 32.1. The molecule has 5 nitrogen and oxygen atoms in total. The van der Waals surface area contributed by atoms with Crippen LogP contribution in [0.4, 0.5) is 0 Å². The van der Waals surface area contributed by atoms with Crippen molar-refractivity contribution >= 4 is 28.7 Å². The Labute approximate surface area is 168 Å². The van der Waals surface area contributed by atoms with Crippen LogP contribution in [-0.2, 0) is 16.1 Å². The van der Waals surface area contributed by atoms with Crippen molar-refractivity contribution in [2.75, 3.05) is 19.7 Å². The summed E-state index contributed by atoms with van der Waals surface area (Å²) in [6.07, 6.45) is 1.86. The van der Waals surface area contributed by atoms with Gasteiger partial charge in [0.2, 0.25) is 0 Å². The van der Waals surface area contributed by atoms with E-state index in [-0.39, 0.29) is 30.9 Å². The molecule has 1 aromatic heterocycles. The van der Waals surface area contributed by atoms with Crippen LogP contribution in [-0.4, -0.2) is 46.4 Å². The number of carbonyl (C=O) groups excluding carboxylic acids is 2. The number of aliphatic hydroxyl groups is 1. The largest absolute Gasteiger partial charge is 0.396 e. The maximum atomic E-state index is 13.3. The highest BCUT2D eigenvalue weighted by Crippen LogP contribution is 2.36. The van der Waals surface area contributed by atoms with Gasteiger partial charge >= 0.3 is 0 Å². The number of rotatable bonds is 5. The van der Waals surface area contributed by atoms with Crippen LogP contribution in [0.5, 0.6) is 0 Å².